The molecule has 26 heavy (non-hydrogen) atoms. The van der Waals surface area contributed by atoms with E-state index in [0.29, 0.717) is 4.68 Å². The molecule has 0 aliphatic rings. The Morgan fingerprint density at radius 3 is 2.46 bits per heavy atom. The normalized spacial score (nSPS) is 13.4. The minimum Gasteiger partial charge on any atom is -0.374 e. The van der Waals surface area contributed by atoms with Crippen molar-refractivity contribution in [3.63, 3.8) is 0 Å². The highest BCUT2D eigenvalue weighted by atomic mass is 32.2. The van der Waals surface area contributed by atoms with Crippen LogP contribution in [0.25, 0.3) is 10.9 Å². The van der Waals surface area contributed by atoms with Crippen LogP contribution in [-0.2, 0) is 10.9 Å². The fourth-order valence-electron chi connectivity index (χ4n) is 2.46. The SMILES string of the molecule is CSNn1c(=O)[nH]c2cc(C(F)(F)F)c(C(C)OCC(C)C)cc2c1=O. The zero-order valence-electron chi connectivity index (χ0n) is 14.7. The van der Waals surface area contributed by atoms with Gasteiger partial charge < -0.3 is 9.72 Å². The molecular weight excluding hydrogens is 371 g/mol. The molecule has 10 heteroatoms. The first-order valence-corrected chi connectivity index (χ1v) is 9.09. The van der Waals surface area contributed by atoms with Crippen LogP contribution in [0.1, 0.15) is 38.0 Å². The number of alkyl halides is 3. The largest absolute Gasteiger partial charge is 0.416 e. The maximum atomic E-state index is 13.5. The van der Waals surface area contributed by atoms with Gasteiger partial charge in [0.25, 0.3) is 5.56 Å². The summed E-state index contributed by atoms with van der Waals surface area (Å²) in [4.78, 5) is 29.2. The molecule has 144 valence electrons. The summed E-state index contributed by atoms with van der Waals surface area (Å²) < 4.78 is 46.7. The van der Waals surface area contributed by atoms with E-state index in [1.807, 2.05) is 13.8 Å². The van der Waals surface area contributed by atoms with Crippen LogP contribution in [0.3, 0.4) is 0 Å². The summed E-state index contributed by atoms with van der Waals surface area (Å²) in [6, 6.07) is 1.92. The number of aromatic nitrogens is 2. The van der Waals surface area contributed by atoms with Gasteiger partial charge >= 0.3 is 11.9 Å². The van der Waals surface area contributed by atoms with Crippen molar-refractivity contribution in [2.45, 2.75) is 33.1 Å². The summed E-state index contributed by atoms with van der Waals surface area (Å²) in [6.45, 7) is 5.55. The molecule has 0 aliphatic heterocycles. The Morgan fingerprint density at radius 1 is 1.27 bits per heavy atom. The highest BCUT2D eigenvalue weighted by molar-refractivity contribution is 7.99. The van der Waals surface area contributed by atoms with Gasteiger partial charge in [0.15, 0.2) is 0 Å². The van der Waals surface area contributed by atoms with Crippen molar-refractivity contribution in [3.8, 4) is 0 Å². The lowest BCUT2D eigenvalue weighted by molar-refractivity contribution is -0.139. The molecule has 0 fully saturated rings. The number of hydrogen-bond acceptors (Lipinski definition) is 5. The van der Waals surface area contributed by atoms with Crippen LogP contribution in [0, 0.1) is 5.92 Å². The zero-order valence-corrected chi connectivity index (χ0v) is 15.5. The van der Waals surface area contributed by atoms with Crippen LogP contribution in [0.4, 0.5) is 13.2 Å². The number of nitrogens with one attached hydrogen (secondary N) is 2. The topological polar surface area (TPSA) is 76.1 Å². The number of rotatable bonds is 6. The van der Waals surface area contributed by atoms with E-state index in [4.69, 9.17) is 4.74 Å². The van der Waals surface area contributed by atoms with Gasteiger partial charge in [0.05, 0.1) is 22.6 Å². The quantitative estimate of drug-likeness (QED) is 0.740. The molecule has 2 N–H and O–H groups in total. The molecule has 1 aromatic heterocycles. The summed E-state index contributed by atoms with van der Waals surface area (Å²) >= 11 is 1.01. The second-order valence-corrected chi connectivity index (χ2v) is 6.81. The molecule has 0 saturated heterocycles. The molecule has 1 aromatic carbocycles. The van der Waals surface area contributed by atoms with Crippen molar-refractivity contribution in [2.24, 2.45) is 5.92 Å². The fourth-order valence-corrected chi connectivity index (χ4v) is 2.81. The van der Waals surface area contributed by atoms with E-state index in [0.717, 1.165) is 24.1 Å². The van der Waals surface area contributed by atoms with Crippen molar-refractivity contribution in [1.82, 2.24) is 9.66 Å². The van der Waals surface area contributed by atoms with E-state index in [1.165, 1.54) is 6.92 Å². The Kier molecular flexibility index (Phi) is 6.07. The number of fused-ring (bicyclic) bond motifs is 1. The molecule has 1 heterocycles. The maximum Gasteiger partial charge on any atom is 0.416 e. The second kappa shape index (κ2) is 7.75. The van der Waals surface area contributed by atoms with E-state index in [9.17, 15) is 22.8 Å². The van der Waals surface area contributed by atoms with Crippen molar-refractivity contribution >= 4 is 22.9 Å². The summed E-state index contributed by atoms with van der Waals surface area (Å²) in [5, 5.41) is -0.0332. The average Bonchev–Trinajstić information content (AvgIpc) is 2.54. The highest BCUT2D eigenvalue weighted by Gasteiger charge is 2.35. The van der Waals surface area contributed by atoms with Gasteiger partial charge in [-0.15, -0.1) is 0 Å². The van der Waals surface area contributed by atoms with E-state index in [-0.39, 0.29) is 29.0 Å². The lowest BCUT2D eigenvalue weighted by atomic mass is 10.00. The molecule has 1 unspecified atom stereocenters. The summed E-state index contributed by atoms with van der Waals surface area (Å²) in [7, 11) is 0. The Labute approximate surface area is 151 Å². The lowest BCUT2D eigenvalue weighted by Crippen LogP contribution is -2.39. The van der Waals surface area contributed by atoms with Crippen LogP contribution >= 0.6 is 11.9 Å². The Bertz CT molecular complexity index is 906. The van der Waals surface area contributed by atoms with Crippen LogP contribution in [0.5, 0.6) is 0 Å². The number of benzene rings is 1. The van der Waals surface area contributed by atoms with Crippen molar-refractivity contribution in [1.29, 1.82) is 0 Å². The van der Waals surface area contributed by atoms with Gasteiger partial charge in [0, 0.05) is 12.9 Å². The molecule has 0 amide bonds. The molecule has 6 nitrogen and oxygen atoms in total. The van der Waals surface area contributed by atoms with Gasteiger partial charge in [0.2, 0.25) is 0 Å². The first-order chi connectivity index (χ1) is 12.1. The summed E-state index contributed by atoms with van der Waals surface area (Å²) in [5.41, 5.74) is -2.84. The molecule has 0 saturated carbocycles. The summed E-state index contributed by atoms with van der Waals surface area (Å²) in [5.74, 6) is 0.145. The third-order valence-corrected chi connectivity index (χ3v) is 4.04. The average molecular weight is 391 g/mol. The van der Waals surface area contributed by atoms with E-state index in [2.05, 4.69) is 9.82 Å². The van der Waals surface area contributed by atoms with Crippen molar-refractivity contribution < 1.29 is 17.9 Å². The van der Waals surface area contributed by atoms with Crippen LogP contribution in [0.15, 0.2) is 21.7 Å². The Balaban J connectivity index is 2.72. The van der Waals surface area contributed by atoms with Gasteiger partial charge in [-0.25, -0.2) is 4.79 Å². The predicted molar refractivity (Wildman–Crippen MR) is 95.9 cm³/mol. The molecule has 2 rings (SSSR count). The summed E-state index contributed by atoms with van der Waals surface area (Å²) in [6.07, 6.45) is -3.91. The van der Waals surface area contributed by atoms with Crippen molar-refractivity contribution in [3.05, 3.63) is 44.1 Å². The van der Waals surface area contributed by atoms with Crippen molar-refractivity contribution in [2.75, 3.05) is 17.7 Å². The van der Waals surface area contributed by atoms with E-state index < -0.39 is 29.1 Å². The molecule has 2 aromatic rings. The number of hydrogen-bond donors (Lipinski definition) is 2. The smallest absolute Gasteiger partial charge is 0.374 e. The minimum atomic E-state index is -4.65. The first kappa shape index (κ1) is 20.4. The molecular formula is C16H20F3N3O3S. The number of nitrogens with zero attached hydrogens (tertiary/aromatic N) is 1. The molecule has 0 bridgehead atoms. The number of aromatic amines is 1. The predicted octanol–water partition coefficient (Wildman–Crippen LogP) is 3.26. The zero-order chi connectivity index (χ0) is 19.6. The maximum absolute atomic E-state index is 13.5. The third kappa shape index (κ3) is 4.24. The van der Waals surface area contributed by atoms with Gasteiger partial charge in [-0.2, -0.15) is 17.8 Å². The highest BCUT2D eigenvalue weighted by Crippen LogP contribution is 2.37. The Hall–Kier alpha value is -1.94. The van der Waals surface area contributed by atoms with E-state index >= 15 is 0 Å². The molecule has 0 aliphatic carbocycles. The number of H-pyrrole nitrogens is 1. The first-order valence-electron chi connectivity index (χ1n) is 7.87. The van der Waals surface area contributed by atoms with Crippen LogP contribution in [0.2, 0.25) is 0 Å². The fraction of sp³-hybridized carbons (Fsp3) is 0.500. The van der Waals surface area contributed by atoms with Crippen LogP contribution < -0.4 is 16.1 Å². The van der Waals surface area contributed by atoms with Gasteiger partial charge in [0.1, 0.15) is 0 Å². The van der Waals surface area contributed by atoms with Gasteiger partial charge in [-0.1, -0.05) is 13.8 Å². The van der Waals surface area contributed by atoms with Gasteiger partial charge in [-0.05, 0) is 42.5 Å². The molecule has 0 radical (unpaired) electrons. The number of ether oxygens (including phenoxy) is 1. The minimum absolute atomic E-state index is 0.0332. The van der Waals surface area contributed by atoms with Gasteiger partial charge in [-0.3, -0.25) is 9.63 Å². The standard InChI is InChI=1S/C16H20F3N3O3S/c1-8(2)7-25-9(3)10-5-11-13(6-12(10)16(17,18)19)20-15(24)22(14(11)23)21-26-4/h5-6,8-9,21H,7H2,1-4H3,(H,20,24). The second-order valence-electron chi connectivity index (χ2n) is 6.22. The monoisotopic (exact) mass is 391 g/mol. The lowest BCUT2D eigenvalue weighted by Gasteiger charge is -2.21. The third-order valence-electron chi connectivity index (χ3n) is 3.67. The Morgan fingerprint density at radius 2 is 1.92 bits per heavy atom. The van der Waals surface area contributed by atoms with E-state index in [1.54, 1.807) is 6.26 Å². The van der Waals surface area contributed by atoms with Crippen LogP contribution in [-0.4, -0.2) is 22.5 Å². The molecule has 1 atom stereocenters. The number of halogens is 3. The molecule has 0 spiro atoms.